The molecule has 1 aliphatic carbocycles. The van der Waals surface area contributed by atoms with Gasteiger partial charge in [0, 0.05) is 28.2 Å². The smallest absolute Gasteiger partial charge is 0.323 e. The molecule has 36 heavy (non-hydrogen) atoms. The van der Waals surface area contributed by atoms with Crippen molar-refractivity contribution >= 4 is 33.5 Å². The van der Waals surface area contributed by atoms with E-state index in [0.717, 1.165) is 34.0 Å². The second-order valence-corrected chi connectivity index (χ2v) is 10.2. The molecule has 8 heteroatoms. The quantitative estimate of drug-likeness (QED) is 0.244. The molecule has 0 heterocycles. The van der Waals surface area contributed by atoms with Crippen molar-refractivity contribution in [2.75, 3.05) is 6.61 Å². The number of rotatable bonds is 12. The lowest BCUT2D eigenvalue weighted by Gasteiger charge is -2.20. The van der Waals surface area contributed by atoms with E-state index in [1.54, 1.807) is 12.1 Å². The summed E-state index contributed by atoms with van der Waals surface area (Å²) in [6, 6.07) is 18.5. The predicted octanol–water partition coefficient (Wildman–Crippen LogP) is 6.06. The zero-order valence-electron chi connectivity index (χ0n) is 19.9. The number of carboxylic acids is 1. The lowest BCUT2D eigenvalue weighted by atomic mass is 10.0. The van der Waals surface area contributed by atoms with Gasteiger partial charge in [-0.05, 0) is 58.8 Å². The summed E-state index contributed by atoms with van der Waals surface area (Å²) in [5.41, 5.74) is 3.85. The van der Waals surface area contributed by atoms with E-state index < -0.39 is 18.1 Å². The van der Waals surface area contributed by atoms with Crippen LogP contribution in [0.25, 0.3) is 11.1 Å². The fourth-order valence-corrected chi connectivity index (χ4v) is 4.67. The predicted molar refractivity (Wildman–Crippen MR) is 144 cm³/mol. The highest BCUT2D eigenvalue weighted by Crippen LogP contribution is 2.37. The third kappa shape index (κ3) is 6.79. The van der Waals surface area contributed by atoms with Gasteiger partial charge in [-0.1, -0.05) is 60.1 Å². The minimum Gasteiger partial charge on any atom is -0.493 e. The average Bonchev–Trinajstić information content (AvgIpc) is 3.68. The zero-order chi connectivity index (χ0) is 25.7. The lowest BCUT2D eigenvalue weighted by molar-refractivity contribution is -0.142. The summed E-state index contributed by atoms with van der Waals surface area (Å²) in [5, 5.41) is 22.4. The number of halogens is 2. The average molecular weight is 575 g/mol. The number of carboxylic acid groups (broad SMARTS) is 1. The van der Waals surface area contributed by atoms with Crippen LogP contribution in [0.5, 0.6) is 11.5 Å². The maximum absolute atomic E-state index is 11.4. The van der Waals surface area contributed by atoms with Crippen LogP contribution in [-0.2, 0) is 17.9 Å². The number of carbonyl (C=O) groups is 1. The molecule has 6 nitrogen and oxygen atoms in total. The summed E-state index contributed by atoms with van der Waals surface area (Å²) in [6.07, 6.45) is 1.22. The first-order valence-corrected chi connectivity index (χ1v) is 13.1. The van der Waals surface area contributed by atoms with Gasteiger partial charge in [0.1, 0.15) is 24.1 Å². The first kappa shape index (κ1) is 26.5. The van der Waals surface area contributed by atoms with Crippen LogP contribution in [0.2, 0.25) is 5.02 Å². The number of aliphatic carboxylic acids is 1. The lowest BCUT2D eigenvalue weighted by Crippen LogP contribution is -2.44. The Morgan fingerprint density at radius 3 is 2.50 bits per heavy atom. The molecule has 1 saturated carbocycles. The summed E-state index contributed by atoms with van der Waals surface area (Å²) in [5.74, 6) is 0.473. The van der Waals surface area contributed by atoms with Crippen molar-refractivity contribution in [1.82, 2.24) is 5.32 Å². The monoisotopic (exact) mass is 573 g/mol. The van der Waals surface area contributed by atoms with Crippen LogP contribution in [0, 0.1) is 5.92 Å². The Kier molecular flexibility index (Phi) is 8.90. The number of hydrogen-bond donors (Lipinski definition) is 3. The Bertz CT molecular complexity index is 1200. The summed E-state index contributed by atoms with van der Waals surface area (Å²) in [6.45, 7) is 2.49. The number of benzene rings is 3. The summed E-state index contributed by atoms with van der Waals surface area (Å²) in [4.78, 5) is 11.4. The molecule has 0 saturated heterocycles. The third-order valence-corrected chi connectivity index (χ3v) is 7.33. The van der Waals surface area contributed by atoms with Crippen molar-refractivity contribution in [3.05, 3.63) is 81.3 Å². The van der Waals surface area contributed by atoms with Gasteiger partial charge in [-0.3, -0.25) is 10.1 Å². The van der Waals surface area contributed by atoms with E-state index in [2.05, 4.69) is 39.4 Å². The Hall–Kier alpha value is -2.58. The molecule has 1 aliphatic rings. The molecule has 3 N–H and O–H groups in total. The Morgan fingerprint density at radius 2 is 1.83 bits per heavy atom. The first-order chi connectivity index (χ1) is 17.3. The SMILES string of the molecule is CC(O)C(NCc1cc(Cl)c(OCc2cccc(-c3ccccc3)c2Br)cc1OCC1CC1)C(=O)O. The van der Waals surface area contributed by atoms with Crippen molar-refractivity contribution < 1.29 is 24.5 Å². The molecule has 0 spiro atoms. The van der Waals surface area contributed by atoms with Crippen LogP contribution < -0.4 is 14.8 Å². The Labute approximate surface area is 224 Å². The number of ether oxygens (including phenoxy) is 2. The second-order valence-electron chi connectivity index (χ2n) is 9.02. The summed E-state index contributed by atoms with van der Waals surface area (Å²) < 4.78 is 13.1. The van der Waals surface area contributed by atoms with Crippen molar-refractivity contribution in [1.29, 1.82) is 0 Å². The van der Waals surface area contributed by atoms with Crippen LogP contribution in [-0.4, -0.2) is 34.9 Å². The molecule has 0 amide bonds. The highest BCUT2D eigenvalue weighted by molar-refractivity contribution is 9.10. The molecule has 0 aliphatic heterocycles. The van der Waals surface area contributed by atoms with Gasteiger partial charge in [0.2, 0.25) is 0 Å². The van der Waals surface area contributed by atoms with Gasteiger partial charge in [0.05, 0.1) is 17.7 Å². The minimum absolute atomic E-state index is 0.173. The van der Waals surface area contributed by atoms with Crippen molar-refractivity contribution in [3.8, 4) is 22.6 Å². The molecule has 3 aromatic rings. The molecule has 2 atom stereocenters. The van der Waals surface area contributed by atoms with Gasteiger partial charge >= 0.3 is 5.97 Å². The van der Waals surface area contributed by atoms with Crippen LogP contribution >= 0.6 is 27.5 Å². The number of nitrogens with one attached hydrogen (secondary N) is 1. The zero-order valence-corrected chi connectivity index (χ0v) is 22.3. The topological polar surface area (TPSA) is 88.0 Å². The van der Waals surface area contributed by atoms with E-state index in [0.29, 0.717) is 41.2 Å². The van der Waals surface area contributed by atoms with E-state index in [9.17, 15) is 15.0 Å². The Balaban J connectivity index is 1.53. The highest BCUT2D eigenvalue weighted by atomic mass is 79.9. The largest absolute Gasteiger partial charge is 0.493 e. The van der Waals surface area contributed by atoms with Gasteiger partial charge in [-0.15, -0.1) is 0 Å². The van der Waals surface area contributed by atoms with Crippen LogP contribution in [0.1, 0.15) is 30.9 Å². The van der Waals surface area contributed by atoms with E-state index in [4.69, 9.17) is 21.1 Å². The molecule has 0 radical (unpaired) electrons. The molecule has 0 aromatic heterocycles. The van der Waals surface area contributed by atoms with Gasteiger partial charge in [0.15, 0.2) is 0 Å². The molecule has 190 valence electrons. The van der Waals surface area contributed by atoms with Crippen molar-refractivity contribution in [3.63, 3.8) is 0 Å². The summed E-state index contributed by atoms with van der Waals surface area (Å²) >= 11 is 10.3. The molecule has 4 rings (SSSR count). The van der Waals surface area contributed by atoms with Crippen LogP contribution in [0.15, 0.2) is 65.1 Å². The fourth-order valence-electron chi connectivity index (χ4n) is 3.82. The standard InChI is InChI=1S/C28H29BrClNO5/c1-17(32)27(28(33)34)31-14-21-12-23(30)25(13-24(21)35-15-18-10-11-18)36-16-20-8-5-9-22(26(20)29)19-6-3-2-4-7-19/h2-9,12-13,17-18,27,31-32H,10-11,14-16H2,1H3,(H,33,34). The van der Waals surface area contributed by atoms with Crippen molar-refractivity contribution in [2.45, 2.75) is 45.1 Å². The first-order valence-electron chi connectivity index (χ1n) is 11.9. The molecule has 2 unspecified atom stereocenters. The van der Waals surface area contributed by atoms with Gasteiger partial charge in [0.25, 0.3) is 0 Å². The molecular weight excluding hydrogens is 546 g/mol. The van der Waals surface area contributed by atoms with Gasteiger partial charge in [-0.2, -0.15) is 0 Å². The van der Waals surface area contributed by atoms with Crippen LogP contribution in [0.4, 0.5) is 0 Å². The molecule has 0 bridgehead atoms. The highest BCUT2D eigenvalue weighted by Gasteiger charge is 2.25. The van der Waals surface area contributed by atoms with E-state index in [1.165, 1.54) is 6.92 Å². The maximum atomic E-state index is 11.4. The van der Waals surface area contributed by atoms with Gasteiger partial charge in [-0.25, -0.2) is 0 Å². The van der Waals surface area contributed by atoms with Gasteiger partial charge < -0.3 is 19.7 Å². The number of aliphatic hydroxyl groups excluding tert-OH is 1. The van der Waals surface area contributed by atoms with E-state index in [1.807, 2.05) is 30.3 Å². The maximum Gasteiger partial charge on any atom is 0.323 e. The fraction of sp³-hybridized carbons (Fsp3) is 0.321. The van der Waals surface area contributed by atoms with E-state index >= 15 is 0 Å². The summed E-state index contributed by atoms with van der Waals surface area (Å²) in [7, 11) is 0. The van der Waals surface area contributed by atoms with E-state index in [-0.39, 0.29) is 6.54 Å². The number of aliphatic hydroxyl groups is 1. The van der Waals surface area contributed by atoms with Crippen molar-refractivity contribution in [2.24, 2.45) is 5.92 Å². The molecule has 3 aromatic carbocycles. The third-order valence-electron chi connectivity index (χ3n) is 6.09. The molecular formula is C28H29BrClNO5. The second kappa shape index (κ2) is 12.1. The van der Waals surface area contributed by atoms with Crippen LogP contribution in [0.3, 0.4) is 0 Å². The minimum atomic E-state index is -1.13. The normalized spacial score (nSPS) is 14.8. The molecule has 1 fully saturated rings. The number of hydrogen-bond acceptors (Lipinski definition) is 5. The Morgan fingerprint density at radius 1 is 1.08 bits per heavy atom.